The minimum Gasteiger partial charge on any atom is -0.386 e. The van der Waals surface area contributed by atoms with E-state index in [1.54, 1.807) is 6.21 Å². The molecule has 4 heteroatoms. The van der Waals surface area contributed by atoms with Crippen LogP contribution in [0.2, 0.25) is 0 Å². The summed E-state index contributed by atoms with van der Waals surface area (Å²) in [6.07, 6.45) is 1.57. The van der Waals surface area contributed by atoms with Gasteiger partial charge in [-0.1, -0.05) is 35.5 Å². The molecule has 1 aromatic rings. The molecular weight excluding hydrogens is 216 g/mol. The molecule has 0 radical (unpaired) electrons. The molecule has 0 atom stereocenters. The van der Waals surface area contributed by atoms with Crippen LogP contribution in [0.4, 0.5) is 0 Å². The normalized spacial score (nSPS) is 11.5. The number of carbonyl (C=O) groups excluding carboxylic acids is 1. The van der Waals surface area contributed by atoms with Gasteiger partial charge >= 0.3 is 0 Å². The highest BCUT2D eigenvalue weighted by molar-refractivity contribution is 5.79. The maximum absolute atomic E-state index is 11.4. The predicted molar refractivity (Wildman–Crippen MR) is 67.9 cm³/mol. The lowest BCUT2D eigenvalue weighted by atomic mass is 10.1. The Hall–Kier alpha value is -1.84. The largest absolute Gasteiger partial charge is 0.386 e. The van der Waals surface area contributed by atoms with Crippen LogP contribution in [0.3, 0.4) is 0 Å². The minimum absolute atomic E-state index is 0.0688. The van der Waals surface area contributed by atoms with Gasteiger partial charge < -0.3 is 10.2 Å². The summed E-state index contributed by atoms with van der Waals surface area (Å²) in [5.41, 5.74) is 0.688. The van der Waals surface area contributed by atoms with Crippen LogP contribution in [0.1, 0.15) is 26.3 Å². The van der Waals surface area contributed by atoms with E-state index in [-0.39, 0.29) is 18.1 Å². The van der Waals surface area contributed by atoms with Crippen LogP contribution in [-0.2, 0) is 9.63 Å². The lowest BCUT2D eigenvalue weighted by Gasteiger charge is -2.19. The molecule has 4 nitrogen and oxygen atoms in total. The molecule has 0 aromatic heterocycles. The summed E-state index contributed by atoms with van der Waals surface area (Å²) in [4.78, 5) is 16.3. The average molecular weight is 234 g/mol. The van der Waals surface area contributed by atoms with Gasteiger partial charge in [0.25, 0.3) is 5.91 Å². The third kappa shape index (κ3) is 6.35. The number of benzene rings is 1. The van der Waals surface area contributed by atoms with Crippen LogP contribution in [0.25, 0.3) is 0 Å². The highest BCUT2D eigenvalue weighted by atomic mass is 16.6. The molecule has 0 spiro atoms. The molecule has 0 bridgehead atoms. The molecule has 0 fully saturated rings. The van der Waals surface area contributed by atoms with Gasteiger partial charge in [-0.15, -0.1) is 0 Å². The maximum Gasteiger partial charge on any atom is 0.261 e. The topological polar surface area (TPSA) is 50.7 Å². The fourth-order valence-electron chi connectivity index (χ4n) is 1.19. The van der Waals surface area contributed by atoms with E-state index < -0.39 is 0 Å². The van der Waals surface area contributed by atoms with Crippen LogP contribution in [0.15, 0.2) is 35.5 Å². The Kier molecular flexibility index (Phi) is 4.69. The highest BCUT2D eigenvalue weighted by Gasteiger charge is 2.13. The molecule has 0 aliphatic heterocycles. The third-order valence-electron chi connectivity index (χ3n) is 1.79. The Bertz CT molecular complexity index is 380. The third-order valence-corrected chi connectivity index (χ3v) is 1.79. The van der Waals surface area contributed by atoms with Gasteiger partial charge in [0.1, 0.15) is 0 Å². The lowest BCUT2D eigenvalue weighted by Crippen LogP contribution is -2.42. The first kappa shape index (κ1) is 13.2. The van der Waals surface area contributed by atoms with Crippen molar-refractivity contribution in [3.8, 4) is 0 Å². The van der Waals surface area contributed by atoms with Gasteiger partial charge in [0.15, 0.2) is 6.61 Å². The van der Waals surface area contributed by atoms with Crippen molar-refractivity contribution in [1.82, 2.24) is 5.32 Å². The monoisotopic (exact) mass is 234 g/mol. The quantitative estimate of drug-likeness (QED) is 0.639. The van der Waals surface area contributed by atoms with Gasteiger partial charge in [-0.2, -0.15) is 0 Å². The summed E-state index contributed by atoms with van der Waals surface area (Å²) in [7, 11) is 0. The van der Waals surface area contributed by atoms with Crippen molar-refractivity contribution in [2.45, 2.75) is 26.3 Å². The van der Waals surface area contributed by atoms with Crippen molar-refractivity contribution in [3.05, 3.63) is 35.9 Å². The average Bonchev–Trinajstić information content (AvgIpc) is 2.23. The number of carbonyl (C=O) groups is 1. The molecule has 0 aliphatic rings. The molecule has 0 saturated heterocycles. The van der Waals surface area contributed by atoms with Crippen molar-refractivity contribution in [1.29, 1.82) is 0 Å². The van der Waals surface area contributed by atoms with Crippen molar-refractivity contribution >= 4 is 12.1 Å². The Morgan fingerprint density at radius 3 is 2.59 bits per heavy atom. The van der Waals surface area contributed by atoms with Gasteiger partial charge in [-0.25, -0.2) is 0 Å². The zero-order valence-electron chi connectivity index (χ0n) is 10.4. The SMILES string of the molecule is CC(C)(C)NC(=O)CO/N=C/c1ccccc1. The standard InChI is InChI=1S/C13H18N2O2/c1-13(2,3)15-12(16)10-17-14-9-11-7-5-4-6-8-11/h4-9H,10H2,1-3H3,(H,15,16)/b14-9+. The molecule has 0 heterocycles. The molecule has 0 aliphatic carbocycles. The van der Waals surface area contributed by atoms with Crippen LogP contribution in [0, 0.1) is 0 Å². The van der Waals surface area contributed by atoms with E-state index in [0.717, 1.165) is 5.56 Å². The van der Waals surface area contributed by atoms with E-state index in [9.17, 15) is 4.79 Å². The number of nitrogens with zero attached hydrogens (tertiary/aromatic N) is 1. The fourth-order valence-corrected chi connectivity index (χ4v) is 1.19. The van der Waals surface area contributed by atoms with Crippen LogP contribution >= 0.6 is 0 Å². The fraction of sp³-hybridized carbons (Fsp3) is 0.385. The van der Waals surface area contributed by atoms with Crippen molar-refractivity contribution in [2.24, 2.45) is 5.16 Å². The van der Waals surface area contributed by atoms with Crippen molar-refractivity contribution in [2.75, 3.05) is 6.61 Å². The zero-order chi connectivity index (χ0) is 12.7. The second kappa shape index (κ2) is 6.03. The summed E-state index contributed by atoms with van der Waals surface area (Å²) in [6, 6.07) is 9.56. The van der Waals surface area contributed by atoms with E-state index in [1.165, 1.54) is 0 Å². The lowest BCUT2D eigenvalue weighted by molar-refractivity contribution is -0.127. The van der Waals surface area contributed by atoms with Crippen molar-refractivity contribution in [3.63, 3.8) is 0 Å². The maximum atomic E-state index is 11.4. The van der Waals surface area contributed by atoms with Gasteiger partial charge in [-0.05, 0) is 26.3 Å². The Balaban J connectivity index is 2.29. The smallest absolute Gasteiger partial charge is 0.261 e. The number of amides is 1. The summed E-state index contributed by atoms with van der Waals surface area (Å²) < 4.78 is 0. The van der Waals surface area contributed by atoms with Crippen LogP contribution < -0.4 is 5.32 Å². The molecule has 1 amide bonds. The molecule has 1 rings (SSSR count). The van der Waals surface area contributed by atoms with E-state index in [2.05, 4.69) is 10.5 Å². The minimum atomic E-state index is -0.246. The number of oxime groups is 1. The number of nitrogens with one attached hydrogen (secondary N) is 1. The highest BCUT2D eigenvalue weighted by Crippen LogP contribution is 1.98. The van der Waals surface area contributed by atoms with E-state index in [4.69, 9.17) is 4.84 Å². The molecule has 92 valence electrons. The van der Waals surface area contributed by atoms with E-state index in [1.807, 2.05) is 51.1 Å². The van der Waals surface area contributed by atoms with Gasteiger partial charge in [-0.3, -0.25) is 4.79 Å². The molecule has 0 saturated carbocycles. The summed E-state index contributed by atoms with van der Waals surface area (Å²) in [6.45, 7) is 5.68. The Morgan fingerprint density at radius 1 is 1.35 bits per heavy atom. The Morgan fingerprint density at radius 2 is 2.00 bits per heavy atom. The summed E-state index contributed by atoms with van der Waals surface area (Å²) in [5, 5.41) is 6.51. The van der Waals surface area contributed by atoms with Crippen LogP contribution in [0.5, 0.6) is 0 Å². The van der Waals surface area contributed by atoms with Crippen molar-refractivity contribution < 1.29 is 9.63 Å². The molecule has 1 N–H and O–H groups in total. The molecule has 0 unspecified atom stereocenters. The number of rotatable bonds is 4. The number of hydrogen-bond acceptors (Lipinski definition) is 3. The van der Waals surface area contributed by atoms with Gasteiger partial charge in [0, 0.05) is 5.54 Å². The summed E-state index contributed by atoms with van der Waals surface area (Å²) in [5.74, 6) is -0.178. The first-order valence-corrected chi connectivity index (χ1v) is 5.49. The van der Waals surface area contributed by atoms with Gasteiger partial charge in [0.05, 0.1) is 6.21 Å². The first-order chi connectivity index (χ1) is 7.97. The predicted octanol–water partition coefficient (Wildman–Crippen LogP) is 1.95. The second-order valence-electron chi connectivity index (χ2n) is 4.72. The summed E-state index contributed by atoms with van der Waals surface area (Å²) >= 11 is 0. The molecule has 17 heavy (non-hydrogen) atoms. The first-order valence-electron chi connectivity index (χ1n) is 5.49. The van der Waals surface area contributed by atoms with E-state index in [0.29, 0.717) is 0 Å². The van der Waals surface area contributed by atoms with Gasteiger partial charge in [0.2, 0.25) is 0 Å². The molecular formula is C13H18N2O2. The zero-order valence-corrected chi connectivity index (χ0v) is 10.4. The van der Waals surface area contributed by atoms with E-state index >= 15 is 0 Å². The molecule has 1 aromatic carbocycles. The van der Waals surface area contributed by atoms with Crippen LogP contribution in [-0.4, -0.2) is 24.3 Å². The Labute approximate surface area is 102 Å². The second-order valence-corrected chi connectivity index (χ2v) is 4.72. The number of hydrogen-bond donors (Lipinski definition) is 1.